The molecule has 37 heavy (non-hydrogen) atoms. The van der Waals surface area contributed by atoms with Gasteiger partial charge in [0.15, 0.2) is 5.13 Å². The van der Waals surface area contributed by atoms with Crippen LogP contribution in [-0.2, 0) is 0 Å². The molecule has 0 radical (unpaired) electrons. The second-order valence-corrected chi connectivity index (χ2v) is 10.7. The average Bonchev–Trinajstić information content (AvgIpc) is 3.36. The summed E-state index contributed by atoms with van der Waals surface area (Å²) in [7, 11) is 0. The van der Waals surface area contributed by atoms with Gasteiger partial charge in [-0.05, 0) is 54.7 Å². The van der Waals surface area contributed by atoms with Crippen LogP contribution in [0.1, 0.15) is 47.7 Å². The summed E-state index contributed by atoms with van der Waals surface area (Å²) < 4.78 is 0. The SMILES string of the molecule is CCC(C)c1ccc(-c2csc(NC(=O)c3c(C)c(-c4ccc(Cl)cc4Cl)nc4ccccc34)n2)cc1. The number of carbonyl (C=O) groups is 1. The third kappa shape index (κ3) is 5.12. The smallest absolute Gasteiger partial charge is 0.258 e. The highest BCUT2D eigenvalue weighted by Crippen LogP contribution is 2.35. The molecule has 1 atom stereocenters. The highest BCUT2D eigenvalue weighted by molar-refractivity contribution is 7.14. The zero-order valence-electron chi connectivity index (χ0n) is 20.7. The van der Waals surface area contributed by atoms with Crippen molar-refractivity contribution >= 4 is 56.5 Å². The molecule has 186 valence electrons. The van der Waals surface area contributed by atoms with Crippen LogP contribution >= 0.6 is 34.5 Å². The summed E-state index contributed by atoms with van der Waals surface area (Å²) in [4.78, 5) is 23.2. The van der Waals surface area contributed by atoms with E-state index in [1.807, 2.05) is 42.6 Å². The number of carbonyl (C=O) groups excluding carboxylic acids is 1. The third-order valence-corrected chi connectivity index (χ3v) is 7.97. The Morgan fingerprint density at radius 3 is 2.51 bits per heavy atom. The number of pyridine rings is 1. The lowest BCUT2D eigenvalue weighted by Crippen LogP contribution is -2.15. The fourth-order valence-electron chi connectivity index (χ4n) is 4.39. The molecular weight excluding hydrogens is 521 g/mol. The van der Waals surface area contributed by atoms with Crippen molar-refractivity contribution in [3.8, 4) is 22.5 Å². The number of nitrogens with one attached hydrogen (secondary N) is 1. The van der Waals surface area contributed by atoms with E-state index in [4.69, 9.17) is 28.2 Å². The van der Waals surface area contributed by atoms with E-state index in [9.17, 15) is 4.79 Å². The van der Waals surface area contributed by atoms with Crippen LogP contribution in [0.4, 0.5) is 5.13 Å². The number of nitrogens with zero attached hydrogens (tertiary/aromatic N) is 2. The largest absolute Gasteiger partial charge is 0.298 e. The maximum Gasteiger partial charge on any atom is 0.258 e. The molecule has 1 N–H and O–H groups in total. The van der Waals surface area contributed by atoms with Crippen LogP contribution in [0.3, 0.4) is 0 Å². The summed E-state index contributed by atoms with van der Waals surface area (Å²) in [5, 5.41) is 7.30. The van der Waals surface area contributed by atoms with Crippen LogP contribution < -0.4 is 5.32 Å². The number of halogens is 2. The lowest BCUT2D eigenvalue weighted by atomic mass is 9.97. The van der Waals surface area contributed by atoms with Crippen molar-refractivity contribution in [2.75, 3.05) is 5.32 Å². The minimum Gasteiger partial charge on any atom is -0.298 e. The molecule has 0 aliphatic rings. The van der Waals surface area contributed by atoms with Gasteiger partial charge in [0, 0.05) is 26.9 Å². The fourth-order valence-corrected chi connectivity index (χ4v) is 5.60. The number of hydrogen-bond donors (Lipinski definition) is 1. The molecule has 7 heteroatoms. The van der Waals surface area contributed by atoms with Gasteiger partial charge in [0.1, 0.15) is 0 Å². The molecule has 2 aromatic heterocycles. The second kappa shape index (κ2) is 10.6. The summed E-state index contributed by atoms with van der Waals surface area (Å²) in [5.41, 5.74) is 6.52. The van der Waals surface area contributed by atoms with Gasteiger partial charge in [-0.25, -0.2) is 9.97 Å². The topological polar surface area (TPSA) is 54.9 Å². The van der Waals surface area contributed by atoms with E-state index in [-0.39, 0.29) is 5.91 Å². The molecule has 2 heterocycles. The first-order valence-electron chi connectivity index (χ1n) is 12.1. The molecule has 0 saturated heterocycles. The molecule has 0 aliphatic carbocycles. The Labute approximate surface area is 230 Å². The predicted octanol–water partition coefficient (Wildman–Crippen LogP) is 9.41. The zero-order valence-corrected chi connectivity index (χ0v) is 23.0. The van der Waals surface area contributed by atoms with Crippen LogP contribution in [0.25, 0.3) is 33.4 Å². The van der Waals surface area contributed by atoms with Crippen molar-refractivity contribution < 1.29 is 4.79 Å². The van der Waals surface area contributed by atoms with E-state index in [2.05, 4.69) is 48.4 Å². The van der Waals surface area contributed by atoms with Gasteiger partial charge in [-0.15, -0.1) is 11.3 Å². The molecule has 0 saturated carbocycles. The first-order chi connectivity index (χ1) is 17.9. The van der Waals surface area contributed by atoms with Gasteiger partial charge in [0.05, 0.1) is 27.5 Å². The summed E-state index contributed by atoms with van der Waals surface area (Å²) in [6.45, 7) is 6.30. The molecule has 0 bridgehead atoms. The normalized spacial score (nSPS) is 12.0. The van der Waals surface area contributed by atoms with E-state index in [0.29, 0.717) is 37.9 Å². The predicted molar refractivity (Wildman–Crippen MR) is 156 cm³/mol. The second-order valence-electron chi connectivity index (χ2n) is 9.03. The third-order valence-electron chi connectivity index (χ3n) is 6.66. The number of para-hydroxylation sites is 1. The van der Waals surface area contributed by atoms with Crippen molar-refractivity contribution in [2.24, 2.45) is 0 Å². The monoisotopic (exact) mass is 545 g/mol. The van der Waals surface area contributed by atoms with Gasteiger partial charge >= 0.3 is 0 Å². The Morgan fingerprint density at radius 1 is 1.03 bits per heavy atom. The van der Waals surface area contributed by atoms with E-state index in [1.54, 1.807) is 12.1 Å². The standard InChI is InChI=1S/C30H25Cl2N3OS/c1-4-17(2)19-9-11-20(12-10-19)26-16-37-30(34-26)35-29(36)27-18(3)28(22-14-13-21(31)15-24(22)32)33-25-8-6-5-7-23(25)27/h5-17H,4H2,1-3H3,(H,34,35,36). The minimum absolute atomic E-state index is 0.240. The minimum atomic E-state index is -0.240. The summed E-state index contributed by atoms with van der Waals surface area (Å²) in [5.74, 6) is 0.279. The number of aromatic nitrogens is 2. The van der Waals surface area contributed by atoms with Gasteiger partial charge in [-0.2, -0.15) is 0 Å². The van der Waals surface area contributed by atoms with Crippen molar-refractivity contribution in [1.82, 2.24) is 9.97 Å². The molecule has 0 aliphatic heterocycles. The van der Waals surface area contributed by atoms with Crippen molar-refractivity contribution in [1.29, 1.82) is 0 Å². The number of hydrogen-bond acceptors (Lipinski definition) is 4. The van der Waals surface area contributed by atoms with Crippen LogP contribution in [0.15, 0.2) is 72.1 Å². The molecular formula is C30H25Cl2N3OS. The molecule has 5 rings (SSSR count). The van der Waals surface area contributed by atoms with Crippen molar-refractivity contribution in [3.63, 3.8) is 0 Å². The molecule has 1 unspecified atom stereocenters. The van der Waals surface area contributed by atoms with E-state index in [0.717, 1.165) is 34.2 Å². The summed E-state index contributed by atoms with van der Waals surface area (Å²) in [6.07, 6.45) is 1.10. The fraction of sp³-hybridized carbons (Fsp3) is 0.167. The van der Waals surface area contributed by atoms with Crippen LogP contribution in [0.5, 0.6) is 0 Å². The molecule has 4 nitrogen and oxygen atoms in total. The van der Waals surface area contributed by atoms with E-state index in [1.165, 1.54) is 16.9 Å². The number of thiazole rings is 1. The highest BCUT2D eigenvalue weighted by Gasteiger charge is 2.21. The first-order valence-corrected chi connectivity index (χ1v) is 13.7. The number of fused-ring (bicyclic) bond motifs is 1. The Bertz CT molecular complexity index is 1610. The quantitative estimate of drug-likeness (QED) is 0.231. The van der Waals surface area contributed by atoms with E-state index < -0.39 is 0 Å². The highest BCUT2D eigenvalue weighted by atomic mass is 35.5. The number of amides is 1. The maximum atomic E-state index is 13.6. The van der Waals surface area contributed by atoms with Gasteiger partial charge < -0.3 is 0 Å². The summed E-state index contributed by atoms with van der Waals surface area (Å²) in [6, 6.07) is 21.4. The van der Waals surface area contributed by atoms with Gasteiger partial charge in [-0.3, -0.25) is 10.1 Å². The Kier molecular flexibility index (Phi) is 7.29. The molecule has 3 aromatic carbocycles. The van der Waals surface area contributed by atoms with Gasteiger partial charge in [0.2, 0.25) is 0 Å². The van der Waals surface area contributed by atoms with Crippen LogP contribution in [0, 0.1) is 6.92 Å². The Balaban J connectivity index is 1.49. The molecule has 0 fully saturated rings. The number of rotatable bonds is 6. The van der Waals surface area contributed by atoms with Crippen molar-refractivity contribution in [2.45, 2.75) is 33.1 Å². The first kappa shape index (κ1) is 25.4. The van der Waals surface area contributed by atoms with Crippen molar-refractivity contribution in [3.05, 3.63) is 98.8 Å². The number of anilines is 1. The summed E-state index contributed by atoms with van der Waals surface area (Å²) >= 11 is 14.0. The Hall–Kier alpha value is -3.25. The average molecular weight is 547 g/mol. The van der Waals surface area contributed by atoms with E-state index >= 15 is 0 Å². The Morgan fingerprint density at radius 2 is 1.78 bits per heavy atom. The van der Waals surface area contributed by atoms with Gasteiger partial charge in [0.25, 0.3) is 5.91 Å². The number of benzene rings is 3. The lowest BCUT2D eigenvalue weighted by molar-refractivity contribution is 0.102. The molecule has 5 aromatic rings. The maximum absolute atomic E-state index is 13.6. The van der Waals surface area contributed by atoms with Gasteiger partial charge in [-0.1, -0.05) is 79.5 Å². The lowest BCUT2D eigenvalue weighted by Gasteiger charge is -2.15. The zero-order chi connectivity index (χ0) is 26.1. The van der Waals surface area contributed by atoms with Crippen LogP contribution in [-0.4, -0.2) is 15.9 Å². The van der Waals surface area contributed by atoms with Crippen LogP contribution in [0.2, 0.25) is 10.0 Å². The molecule has 1 amide bonds. The molecule has 0 spiro atoms.